The molecular formula is C20H19NO3. The van der Waals surface area contributed by atoms with Crippen LogP contribution in [0.25, 0.3) is 5.57 Å². The standard InChI is InChI=1S/C20H19NO3/c22-20(17-6-7-18-19(14-17)24-13-12-23-18)21-10-8-16(9-11-21)15-4-2-1-3-5-15/h1-8,14H,9-13H2. The zero-order valence-corrected chi connectivity index (χ0v) is 13.4. The molecule has 0 saturated carbocycles. The van der Waals surface area contributed by atoms with Gasteiger partial charge in [-0.15, -0.1) is 0 Å². The van der Waals surface area contributed by atoms with Crippen molar-refractivity contribution < 1.29 is 14.3 Å². The molecule has 1 amide bonds. The van der Waals surface area contributed by atoms with Gasteiger partial charge < -0.3 is 14.4 Å². The first-order valence-electron chi connectivity index (χ1n) is 8.24. The van der Waals surface area contributed by atoms with Crippen molar-refractivity contribution in [1.82, 2.24) is 4.90 Å². The zero-order valence-electron chi connectivity index (χ0n) is 13.4. The number of benzene rings is 2. The van der Waals surface area contributed by atoms with Gasteiger partial charge in [-0.25, -0.2) is 0 Å². The summed E-state index contributed by atoms with van der Waals surface area (Å²) in [6.07, 6.45) is 3.02. The van der Waals surface area contributed by atoms with Crippen molar-refractivity contribution in [1.29, 1.82) is 0 Å². The van der Waals surface area contributed by atoms with E-state index in [1.807, 2.05) is 35.2 Å². The first-order chi connectivity index (χ1) is 11.8. The molecule has 2 aliphatic rings. The van der Waals surface area contributed by atoms with Gasteiger partial charge in [-0.05, 0) is 35.8 Å². The van der Waals surface area contributed by atoms with Gasteiger partial charge in [0, 0.05) is 18.7 Å². The van der Waals surface area contributed by atoms with Crippen molar-refractivity contribution in [3.8, 4) is 11.5 Å². The van der Waals surface area contributed by atoms with Crippen molar-refractivity contribution in [2.24, 2.45) is 0 Å². The Bertz CT molecular complexity index is 783. The SMILES string of the molecule is O=C(c1ccc2c(c1)OCCO2)N1CC=C(c2ccccc2)CC1. The molecule has 0 aromatic heterocycles. The molecular weight excluding hydrogens is 302 g/mol. The highest BCUT2D eigenvalue weighted by Gasteiger charge is 2.21. The third-order valence-electron chi connectivity index (χ3n) is 4.43. The summed E-state index contributed by atoms with van der Waals surface area (Å²) < 4.78 is 11.1. The number of carbonyl (C=O) groups excluding carboxylic acids is 1. The van der Waals surface area contributed by atoms with Gasteiger partial charge in [0.25, 0.3) is 5.91 Å². The van der Waals surface area contributed by atoms with Gasteiger partial charge in [-0.3, -0.25) is 4.79 Å². The molecule has 122 valence electrons. The topological polar surface area (TPSA) is 38.8 Å². The van der Waals surface area contributed by atoms with Crippen LogP contribution in [0.2, 0.25) is 0 Å². The minimum absolute atomic E-state index is 0.0373. The second-order valence-electron chi connectivity index (χ2n) is 5.95. The molecule has 0 saturated heterocycles. The Balaban J connectivity index is 1.49. The molecule has 24 heavy (non-hydrogen) atoms. The quantitative estimate of drug-likeness (QED) is 0.851. The normalized spacial score (nSPS) is 16.5. The summed E-state index contributed by atoms with van der Waals surface area (Å²) in [7, 11) is 0. The molecule has 2 aromatic carbocycles. The highest BCUT2D eigenvalue weighted by Crippen LogP contribution is 2.31. The van der Waals surface area contributed by atoms with Crippen LogP contribution in [0.15, 0.2) is 54.6 Å². The lowest BCUT2D eigenvalue weighted by atomic mass is 9.99. The molecule has 2 heterocycles. The van der Waals surface area contributed by atoms with Gasteiger partial charge in [0.15, 0.2) is 11.5 Å². The second-order valence-corrected chi connectivity index (χ2v) is 5.95. The summed E-state index contributed by atoms with van der Waals surface area (Å²) in [5.41, 5.74) is 3.20. The lowest BCUT2D eigenvalue weighted by molar-refractivity contribution is 0.0771. The van der Waals surface area contributed by atoms with E-state index < -0.39 is 0 Å². The molecule has 0 unspecified atom stereocenters. The van der Waals surface area contributed by atoms with Gasteiger partial charge in [-0.2, -0.15) is 0 Å². The van der Waals surface area contributed by atoms with E-state index in [-0.39, 0.29) is 5.91 Å². The van der Waals surface area contributed by atoms with E-state index in [9.17, 15) is 4.79 Å². The molecule has 4 rings (SSSR count). The van der Waals surface area contributed by atoms with Crippen LogP contribution >= 0.6 is 0 Å². The van der Waals surface area contributed by atoms with E-state index in [4.69, 9.17) is 9.47 Å². The molecule has 0 radical (unpaired) electrons. The van der Waals surface area contributed by atoms with E-state index in [2.05, 4.69) is 18.2 Å². The lowest BCUT2D eigenvalue weighted by Crippen LogP contribution is -2.34. The minimum atomic E-state index is 0.0373. The maximum Gasteiger partial charge on any atom is 0.254 e. The largest absolute Gasteiger partial charge is 0.486 e. The molecule has 0 fully saturated rings. The number of hydrogen-bond donors (Lipinski definition) is 0. The average molecular weight is 321 g/mol. The predicted molar refractivity (Wildman–Crippen MR) is 92.4 cm³/mol. The van der Waals surface area contributed by atoms with E-state index in [0.717, 1.165) is 13.0 Å². The van der Waals surface area contributed by atoms with Gasteiger partial charge in [0.1, 0.15) is 13.2 Å². The molecule has 4 nitrogen and oxygen atoms in total. The monoisotopic (exact) mass is 321 g/mol. The third kappa shape index (κ3) is 2.87. The molecule has 2 aliphatic heterocycles. The Hall–Kier alpha value is -2.75. The van der Waals surface area contributed by atoms with Crippen molar-refractivity contribution in [2.75, 3.05) is 26.3 Å². The lowest BCUT2D eigenvalue weighted by Gasteiger charge is -2.27. The van der Waals surface area contributed by atoms with E-state index in [0.29, 0.717) is 36.8 Å². The van der Waals surface area contributed by atoms with Crippen LogP contribution in [-0.2, 0) is 0 Å². The number of nitrogens with zero attached hydrogens (tertiary/aromatic N) is 1. The Morgan fingerprint density at radius 1 is 0.958 bits per heavy atom. The Morgan fingerprint density at radius 2 is 1.75 bits per heavy atom. The van der Waals surface area contributed by atoms with E-state index in [1.165, 1.54) is 11.1 Å². The summed E-state index contributed by atoms with van der Waals surface area (Å²) >= 11 is 0. The summed E-state index contributed by atoms with van der Waals surface area (Å²) in [5, 5.41) is 0. The first kappa shape index (κ1) is 14.8. The molecule has 0 atom stereocenters. The number of carbonyl (C=O) groups is 1. The van der Waals surface area contributed by atoms with E-state index in [1.54, 1.807) is 6.07 Å². The summed E-state index contributed by atoms with van der Waals surface area (Å²) in [6.45, 7) is 2.45. The van der Waals surface area contributed by atoms with Crippen LogP contribution in [0.1, 0.15) is 22.3 Å². The maximum atomic E-state index is 12.7. The summed E-state index contributed by atoms with van der Waals surface area (Å²) in [4.78, 5) is 14.6. The molecule has 0 N–H and O–H groups in total. The number of ether oxygens (including phenoxy) is 2. The van der Waals surface area contributed by atoms with Gasteiger partial charge in [0.05, 0.1) is 0 Å². The van der Waals surface area contributed by atoms with Crippen molar-refractivity contribution >= 4 is 11.5 Å². The Kier molecular flexibility index (Phi) is 3.95. The molecule has 4 heteroatoms. The fourth-order valence-electron chi connectivity index (χ4n) is 3.13. The van der Waals surface area contributed by atoms with Gasteiger partial charge in [-0.1, -0.05) is 36.4 Å². The van der Waals surface area contributed by atoms with Crippen LogP contribution in [-0.4, -0.2) is 37.1 Å². The Morgan fingerprint density at radius 3 is 2.50 bits per heavy atom. The molecule has 0 spiro atoms. The Labute approximate surface area is 141 Å². The van der Waals surface area contributed by atoms with Crippen molar-refractivity contribution in [2.45, 2.75) is 6.42 Å². The molecule has 0 bridgehead atoms. The summed E-state index contributed by atoms with van der Waals surface area (Å²) in [5.74, 6) is 1.41. The minimum Gasteiger partial charge on any atom is -0.486 e. The maximum absolute atomic E-state index is 12.7. The molecule has 2 aromatic rings. The van der Waals surface area contributed by atoms with Crippen LogP contribution < -0.4 is 9.47 Å². The number of rotatable bonds is 2. The average Bonchev–Trinajstić information content (AvgIpc) is 2.68. The third-order valence-corrected chi connectivity index (χ3v) is 4.43. The van der Waals surface area contributed by atoms with E-state index >= 15 is 0 Å². The van der Waals surface area contributed by atoms with Crippen molar-refractivity contribution in [3.63, 3.8) is 0 Å². The fourth-order valence-corrected chi connectivity index (χ4v) is 3.13. The van der Waals surface area contributed by atoms with Gasteiger partial charge in [0.2, 0.25) is 0 Å². The van der Waals surface area contributed by atoms with Crippen molar-refractivity contribution in [3.05, 3.63) is 65.7 Å². The van der Waals surface area contributed by atoms with Crippen LogP contribution in [0.3, 0.4) is 0 Å². The highest BCUT2D eigenvalue weighted by atomic mass is 16.6. The highest BCUT2D eigenvalue weighted by molar-refractivity contribution is 5.95. The van der Waals surface area contributed by atoms with Crippen LogP contribution in [0.5, 0.6) is 11.5 Å². The second kappa shape index (κ2) is 6.40. The van der Waals surface area contributed by atoms with Gasteiger partial charge >= 0.3 is 0 Å². The number of amides is 1. The zero-order chi connectivity index (χ0) is 16.4. The molecule has 0 aliphatic carbocycles. The fraction of sp³-hybridized carbons (Fsp3) is 0.250. The number of fused-ring (bicyclic) bond motifs is 1. The van der Waals surface area contributed by atoms with Crippen LogP contribution in [0.4, 0.5) is 0 Å². The predicted octanol–water partition coefficient (Wildman–Crippen LogP) is 3.39. The first-order valence-corrected chi connectivity index (χ1v) is 8.24. The smallest absolute Gasteiger partial charge is 0.254 e. The summed E-state index contributed by atoms with van der Waals surface area (Å²) in [6, 6.07) is 15.8. The number of hydrogen-bond acceptors (Lipinski definition) is 3. The van der Waals surface area contributed by atoms with Crippen LogP contribution in [0, 0.1) is 0 Å².